The van der Waals surface area contributed by atoms with Gasteiger partial charge in [-0.2, -0.15) is 0 Å². The Morgan fingerprint density at radius 2 is 1.81 bits per heavy atom. The second kappa shape index (κ2) is 6.54. The maximum atomic E-state index is 12.7. The molecule has 2 aromatic carbocycles. The van der Waals surface area contributed by atoms with Crippen molar-refractivity contribution in [1.82, 2.24) is 0 Å². The summed E-state index contributed by atoms with van der Waals surface area (Å²) in [6.07, 6.45) is 2.76. The number of fused-ring (bicyclic) bond motifs is 1. The second-order valence-electron chi connectivity index (χ2n) is 5.51. The topological polar surface area (TPSA) is 69.7 Å². The highest BCUT2D eigenvalue weighted by molar-refractivity contribution is 6.30. The number of rotatable bonds is 3. The zero-order valence-electron chi connectivity index (χ0n) is 13.3. The van der Waals surface area contributed by atoms with Crippen molar-refractivity contribution >= 4 is 28.5 Å². The van der Waals surface area contributed by atoms with Crippen LogP contribution in [0.5, 0.6) is 5.75 Å². The standard InChI is InChI=1S/C20H11ClO5/c21-13-5-3-12(4-6-13)16-11-25-18-10-14(7-8-15(18)19(16)22)26-20(23)17-2-1-9-24-17/h1-11H. The summed E-state index contributed by atoms with van der Waals surface area (Å²) in [5, 5.41) is 0.970. The Morgan fingerprint density at radius 1 is 1.00 bits per heavy atom. The van der Waals surface area contributed by atoms with Crippen molar-refractivity contribution < 1.29 is 18.4 Å². The molecule has 5 nitrogen and oxygen atoms in total. The van der Waals surface area contributed by atoms with Crippen molar-refractivity contribution in [2.45, 2.75) is 0 Å². The summed E-state index contributed by atoms with van der Waals surface area (Å²) in [7, 11) is 0. The van der Waals surface area contributed by atoms with Crippen LogP contribution in [0.3, 0.4) is 0 Å². The van der Waals surface area contributed by atoms with Crippen molar-refractivity contribution in [3.63, 3.8) is 0 Å². The van der Waals surface area contributed by atoms with Crippen LogP contribution in [0.25, 0.3) is 22.1 Å². The van der Waals surface area contributed by atoms with Crippen LogP contribution in [0.2, 0.25) is 5.02 Å². The fraction of sp³-hybridized carbons (Fsp3) is 0. The Morgan fingerprint density at radius 3 is 2.54 bits per heavy atom. The third-order valence-corrected chi connectivity index (χ3v) is 4.09. The molecule has 26 heavy (non-hydrogen) atoms. The van der Waals surface area contributed by atoms with Crippen LogP contribution in [0.1, 0.15) is 10.6 Å². The molecule has 0 spiro atoms. The molecule has 0 aliphatic carbocycles. The van der Waals surface area contributed by atoms with Gasteiger partial charge in [0.05, 0.1) is 17.2 Å². The number of ether oxygens (including phenoxy) is 1. The lowest BCUT2D eigenvalue weighted by Crippen LogP contribution is -2.08. The van der Waals surface area contributed by atoms with E-state index in [1.54, 1.807) is 36.4 Å². The number of furan rings is 1. The van der Waals surface area contributed by atoms with Gasteiger partial charge in [0.15, 0.2) is 5.43 Å². The fourth-order valence-electron chi connectivity index (χ4n) is 2.55. The second-order valence-corrected chi connectivity index (χ2v) is 5.95. The minimum absolute atomic E-state index is 0.0876. The van der Waals surface area contributed by atoms with Crippen LogP contribution >= 0.6 is 11.6 Å². The molecule has 0 saturated heterocycles. The van der Waals surface area contributed by atoms with Crippen molar-refractivity contribution in [3.8, 4) is 16.9 Å². The SMILES string of the molecule is O=C(Oc1ccc2c(=O)c(-c3ccc(Cl)cc3)coc2c1)c1ccco1. The molecule has 0 aliphatic rings. The van der Waals surface area contributed by atoms with E-state index in [-0.39, 0.29) is 16.9 Å². The van der Waals surface area contributed by atoms with Crippen molar-refractivity contribution in [1.29, 1.82) is 0 Å². The average molecular weight is 367 g/mol. The smallest absolute Gasteiger partial charge is 0.379 e. The highest BCUT2D eigenvalue weighted by Crippen LogP contribution is 2.24. The van der Waals surface area contributed by atoms with Crippen LogP contribution in [0.4, 0.5) is 0 Å². The van der Waals surface area contributed by atoms with Crippen molar-refractivity contribution in [2.24, 2.45) is 0 Å². The lowest BCUT2D eigenvalue weighted by Gasteiger charge is -2.05. The van der Waals surface area contributed by atoms with Gasteiger partial charge >= 0.3 is 5.97 Å². The van der Waals surface area contributed by atoms with Crippen LogP contribution < -0.4 is 10.2 Å². The van der Waals surface area contributed by atoms with E-state index in [1.807, 2.05) is 0 Å². The van der Waals surface area contributed by atoms with E-state index in [9.17, 15) is 9.59 Å². The molecule has 0 saturated carbocycles. The summed E-state index contributed by atoms with van der Waals surface area (Å²) in [4.78, 5) is 24.6. The lowest BCUT2D eigenvalue weighted by atomic mass is 10.1. The number of hydrogen-bond acceptors (Lipinski definition) is 5. The van der Waals surface area contributed by atoms with E-state index in [1.165, 1.54) is 30.7 Å². The first-order valence-corrected chi connectivity index (χ1v) is 8.07. The quantitative estimate of drug-likeness (QED) is 0.380. The van der Waals surface area contributed by atoms with Gasteiger partial charge in [-0.05, 0) is 42.0 Å². The highest BCUT2D eigenvalue weighted by atomic mass is 35.5. The summed E-state index contributed by atoms with van der Waals surface area (Å²) in [5.74, 6) is -0.291. The Hall–Kier alpha value is -3.31. The maximum absolute atomic E-state index is 12.7. The largest absolute Gasteiger partial charge is 0.463 e. The van der Waals surface area contributed by atoms with Gasteiger partial charge in [-0.1, -0.05) is 23.7 Å². The summed E-state index contributed by atoms with van der Waals surface area (Å²) >= 11 is 5.88. The van der Waals surface area contributed by atoms with E-state index in [0.717, 1.165) is 0 Å². The number of benzene rings is 2. The van der Waals surface area contributed by atoms with E-state index < -0.39 is 5.97 Å². The minimum atomic E-state index is -0.630. The lowest BCUT2D eigenvalue weighted by molar-refractivity contribution is 0.0701. The van der Waals surface area contributed by atoms with Gasteiger partial charge in [-0.3, -0.25) is 4.79 Å². The molecule has 0 radical (unpaired) electrons. The number of esters is 1. The number of hydrogen-bond donors (Lipinski definition) is 0. The third kappa shape index (κ3) is 3.00. The van der Waals surface area contributed by atoms with Gasteiger partial charge in [-0.25, -0.2) is 4.79 Å². The molecule has 0 amide bonds. The number of halogens is 1. The molecule has 6 heteroatoms. The zero-order valence-corrected chi connectivity index (χ0v) is 14.0. The van der Waals surface area contributed by atoms with Crippen LogP contribution in [-0.4, -0.2) is 5.97 Å². The summed E-state index contributed by atoms with van der Waals surface area (Å²) in [5.41, 5.74) is 1.27. The molecule has 4 rings (SSSR count). The molecule has 0 atom stereocenters. The first-order chi connectivity index (χ1) is 12.6. The number of carbonyl (C=O) groups excluding carboxylic acids is 1. The highest BCUT2D eigenvalue weighted by Gasteiger charge is 2.14. The van der Waals surface area contributed by atoms with Gasteiger partial charge in [0.1, 0.15) is 17.6 Å². The van der Waals surface area contributed by atoms with Gasteiger partial charge in [0, 0.05) is 11.1 Å². The van der Waals surface area contributed by atoms with Gasteiger partial charge < -0.3 is 13.6 Å². The summed E-state index contributed by atoms with van der Waals surface area (Å²) in [6, 6.07) is 14.6. The van der Waals surface area contributed by atoms with Crippen LogP contribution in [-0.2, 0) is 0 Å². The van der Waals surface area contributed by atoms with E-state index in [0.29, 0.717) is 27.1 Å². The molecule has 0 aliphatic heterocycles. The van der Waals surface area contributed by atoms with Gasteiger partial charge in [-0.15, -0.1) is 0 Å². The molecule has 0 bridgehead atoms. The summed E-state index contributed by atoms with van der Waals surface area (Å²) in [6.45, 7) is 0. The molecular weight excluding hydrogens is 356 g/mol. The summed E-state index contributed by atoms with van der Waals surface area (Å²) < 4.78 is 15.8. The van der Waals surface area contributed by atoms with Crippen molar-refractivity contribution in [2.75, 3.05) is 0 Å². The van der Waals surface area contributed by atoms with E-state index >= 15 is 0 Å². The first-order valence-electron chi connectivity index (χ1n) is 7.69. The molecule has 0 unspecified atom stereocenters. The predicted octanol–water partition coefficient (Wildman–Crippen LogP) is 4.93. The van der Waals surface area contributed by atoms with Crippen LogP contribution in [0, 0.1) is 0 Å². The third-order valence-electron chi connectivity index (χ3n) is 3.83. The molecule has 128 valence electrons. The van der Waals surface area contributed by atoms with Gasteiger partial charge in [0.25, 0.3) is 0 Å². The molecule has 2 aromatic heterocycles. The number of carbonyl (C=O) groups is 1. The van der Waals surface area contributed by atoms with E-state index in [4.69, 9.17) is 25.2 Å². The minimum Gasteiger partial charge on any atom is -0.463 e. The Bertz CT molecular complexity index is 1140. The monoisotopic (exact) mass is 366 g/mol. The normalized spacial score (nSPS) is 10.8. The predicted molar refractivity (Wildman–Crippen MR) is 96.6 cm³/mol. The van der Waals surface area contributed by atoms with Gasteiger partial charge in [0.2, 0.25) is 5.76 Å². The zero-order chi connectivity index (χ0) is 18.1. The van der Waals surface area contributed by atoms with Crippen LogP contribution in [0.15, 0.2) is 80.8 Å². The molecular formula is C20H11ClO5. The first kappa shape index (κ1) is 16.2. The molecule has 2 heterocycles. The Labute approximate surface area is 152 Å². The van der Waals surface area contributed by atoms with Crippen molar-refractivity contribution in [3.05, 3.63) is 88.1 Å². The average Bonchev–Trinajstić information content (AvgIpc) is 3.18. The fourth-order valence-corrected chi connectivity index (χ4v) is 2.68. The molecule has 0 fully saturated rings. The van der Waals surface area contributed by atoms with E-state index in [2.05, 4.69) is 0 Å². The Balaban J connectivity index is 1.70. The maximum Gasteiger partial charge on any atom is 0.379 e. The molecule has 4 aromatic rings. The Kier molecular flexibility index (Phi) is 4.07. The molecule has 0 N–H and O–H groups in total.